The Morgan fingerprint density at radius 3 is 2.21 bits per heavy atom. The lowest BCUT2D eigenvalue weighted by Gasteiger charge is -2.34. The fourth-order valence-corrected chi connectivity index (χ4v) is 5.11. The molecule has 0 N–H and O–H groups in total. The fraction of sp³-hybridized carbons (Fsp3) is 0.350. The molecule has 1 aliphatic heterocycles. The molecule has 0 spiro atoms. The first-order chi connectivity index (χ1) is 13.6. The lowest BCUT2D eigenvalue weighted by atomic mass is 10.1. The highest BCUT2D eigenvalue weighted by Crippen LogP contribution is 2.24. The summed E-state index contributed by atoms with van der Waals surface area (Å²) in [6, 6.07) is 9.69. The summed E-state index contributed by atoms with van der Waals surface area (Å²) in [6.07, 6.45) is 0. The van der Waals surface area contributed by atoms with Gasteiger partial charge in [-0.05, 0) is 44.0 Å². The minimum Gasteiger partial charge on any atom is -0.336 e. The van der Waals surface area contributed by atoms with E-state index in [-0.39, 0.29) is 48.2 Å². The third-order valence-electron chi connectivity index (χ3n) is 5.14. The third kappa shape index (κ3) is 4.15. The Morgan fingerprint density at radius 2 is 1.59 bits per heavy atom. The standard InChI is InChI=1S/C20H23N3O5S/c1-14-4-5-16(3)19(12-14)29(27,28)22-10-8-21(9-11-22)20(24)17-7-6-15(2)18(13-17)23(25)26/h4-7,12-13H,8-11H2,1-3H3. The minimum absolute atomic E-state index is 0.105. The van der Waals surface area contributed by atoms with Crippen molar-refractivity contribution in [3.8, 4) is 0 Å². The van der Waals surface area contributed by atoms with Crippen LogP contribution in [0.2, 0.25) is 0 Å². The van der Waals surface area contributed by atoms with Crippen LogP contribution in [-0.4, -0.2) is 54.6 Å². The highest BCUT2D eigenvalue weighted by atomic mass is 32.2. The Hall–Kier alpha value is -2.78. The molecule has 3 rings (SSSR count). The molecule has 1 fully saturated rings. The van der Waals surface area contributed by atoms with Gasteiger partial charge in [-0.2, -0.15) is 4.31 Å². The van der Waals surface area contributed by atoms with Crippen molar-refractivity contribution in [1.82, 2.24) is 9.21 Å². The molecule has 29 heavy (non-hydrogen) atoms. The number of carbonyl (C=O) groups excluding carboxylic acids is 1. The van der Waals surface area contributed by atoms with Gasteiger partial charge in [0, 0.05) is 43.4 Å². The molecule has 2 aromatic carbocycles. The Morgan fingerprint density at radius 1 is 0.966 bits per heavy atom. The number of aryl methyl sites for hydroxylation is 3. The van der Waals surface area contributed by atoms with Crippen molar-refractivity contribution in [3.63, 3.8) is 0 Å². The van der Waals surface area contributed by atoms with Gasteiger partial charge in [-0.1, -0.05) is 18.2 Å². The Bertz CT molecular complexity index is 1070. The highest BCUT2D eigenvalue weighted by molar-refractivity contribution is 7.89. The monoisotopic (exact) mass is 417 g/mol. The number of nitro groups is 1. The molecule has 8 nitrogen and oxygen atoms in total. The number of sulfonamides is 1. The maximum absolute atomic E-state index is 13.0. The van der Waals surface area contributed by atoms with Crippen molar-refractivity contribution in [2.75, 3.05) is 26.2 Å². The van der Waals surface area contributed by atoms with Crippen molar-refractivity contribution >= 4 is 21.6 Å². The van der Waals surface area contributed by atoms with Crippen molar-refractivity contribution in [3.05, 3.63) is 68.8 Å². The molecule has 1 aliphatic rings. The lowest BCUT2D eigenvalue weighted by Crippen LogP contribution is -2.50. The molecule has 1 saturated heterocycles. The van der Waals surface area contributed by atoms with Gasteiger partial charge in [-0.25, -0.2) is 8.42 Å². The largest absolute Gasteiger partial charge is 0.336 e. The summed E-state index contributed by atoms with van der Waals surface area (Å²) in [7, 11) is -3.65. The molecule has 0 saturated carbocycles. The zero-order chi connectivity index (χ0) is 21.3. The average molecular weight is 417 g/mol. The van der Waals surface area contributed by atoms with Gasteiger partial charge in [0.15, 0.2) is 0 Å². The number of carbonyl (C=O) groups is 1. The van der Waals surface area contributed by atoms with Gasteiger partial charge in [0.25, 0.3) is 11.6 Å². The maximum Gasteiger partial charge on any atom is 0.273 e. The van der Waals surface area contributed by atoms with Crippen LogP contribution in [0.15, 0.2) is 41.3 Å². The topological polar surface area (TPSA) is 101 Å². The maximum atomic E-state index is 13.0. The van der Waals surface area contributed by atoms with Gasteiger partial charge in [0.2, 0.25) is 10.0 Å². The molecule has 1 amide bonds. The van der Waals surface area contributed by atoms with E-state index in [4.69, 9.17) is 0 Å². The van der Waals surface area contributed by atoms with E-state index in [2.05, 4.69) is 0 Å². The zero-order valence-electron chi connectivity index (χ0n) is 16.6. The summed E-state index contributed by atoms with van der Waals surface area (Å²) in [6.45, 7) is 6.02. The fourth-order valence-electron chi connectivity index (χ4n) is 3.38. The number of nitro benzene ring substituents is 1. The molecule has 0 atom stereocenters. The number of hydrogen-bond acceptors (Lipinski definition) is 5. The molecule has 0 aliphatic carbocycles. The molecule has 0 bridgehead atoms. The van der Waals surface area contributed by atoms with Crippen LogP contribution in [0.4, 0.5) is 5.69 Å². The van der Waals surface area contributed by atoms with Gasteiger partial charge in [-0.3, -0.25) is 14.9 Å². The summed E-state index contributed by atoms with van der Waals surface area (Å²) in [5.41, 5.74) is 2.15. The number of piperazine rings is 1. The molecule has 0 aromatic heterocycles. The van der Waals surface area contributed by atoms with Crippen LogP contribution in [0.3, 0.4) is 0 Å². The summed E-state index contributed by atoms with van der Waals surface area (Å²) in [4.78, 5) is 25.2. The molecular weight excluding hydrogens is 394 g/mol. The number of amides is 1. The molecule has 0 radical (unpaired) electrons. The van der Waals surface area contributed by atoms with Crippen LogP contribution >= 0.6 is 0 Å². The first kappa shape index (κ1) is 20.9. The van der Waals surface area contributed by atoms with Crippen molar-refractivity contribution in [2.45, 2.75) is 25.7 Å². The van der Waals surface area contributed by atoms with Gasteiger partial charge >= 0.3 is 0 Å². The Labute approximate surface area is 169 Å². The SMILES string of the molecule is Cc1ccc(C)c(S(=O)(=O)N2CCN(C(=O)c3ccc(C)c([N+](=O)[O-])c3)CC2)c1. The van der Waals surface area contributed by atoms with Crippen molar-refractivity contribution < 1.29 is 18.1 Å². The molecule has 9 heteroatoms. The van der Waals surface area contributed by atoms with Crippen molar-refractivity contribution in [2.24, 2.45) is 0 Å². The van der Waals surface area contributed by atoms with E-state index >= 15 is 0 Å². The van der Waals surface area contributed by atoms with Gasteiger partial charge in [-0.15, -0.1) is 0 Å². The van der Waals surface area contributed by atoms with Crippen LogP contribution in [-0.2, 0) is 10.0 Å². The van der Waals surface area contributed by atoms with Crippen LogP contribution in [0.25, 0.3) is 0 Å². The molecular formula is C20H23N3O5S. The average Bonchev–Trinajstić information content (AvgIpc) is 2.69. The minimum atomic E-state index is -3.65. The number of benzene rings is 2. The lowest BCUT2D eigenvalue weighted by molar-refractivity contribution is -0.385. The van der Waals surface area contributed by atoms with Gasteiger partial charge in [0.05, 0.1) is 9.82 Å². The van der Waals surface area contributed by atoms with Crippen molar-refractivity contribution in [1.29, 1.82) is 0 Å². The smallest absolute Gasteiger partial charge is 0.273 e. The second-order valence-corrected chi connectivity index (χ2v) is 9.13. The first-order valence-corrected chi connectivity index (χ1v) is 10.7. The van der Waals surface area contributed by atoms with Gasteiger partial charge < -0.3 is 4.90 Å². The van der Waals surface area contributed by atoms with E-state index in [0.29, 0.717) is 11.1 Å². The van der Waals surface area contributed by atoms with E-state index in [9.17, 15) is 23.3 Å². The molecule has 2 aromatic rings. The predicted molar refractivity (Wildman–Crippen MR) is 108 cm³/mol. The first-order valence-electron chi connectivity index (χ1n) is 9.23. The van der Waals surface area contributed by atoms with Crippen LogP contribution in [0.1, 0.15) is 27.0 Å². The number of hydrogen-bond donors (Lipinski definition) is 0. The Balaban J connectivity index is 1.75. The molecule has 1 heterocycles. The van der Waals surface area contributed by atoms with E-state index in [1.54, 1.807) is 38.1 Å². The Kier molecular flexibility index (Phi) is 5.72. The van der Waals surface area contributed by atoms with Crippen LogP contribution in [0.5, 0.6) is 0 Å². The van der Waals surface area contributed by atoms with Gasteiger partial charge in [0.1, 0.15) is 0 Å². The molecule has 0 unspecified atom stereocenters. The second kappa shape index (κ2) is 7.92. The predicted octanol–water partition coefficient (Wildman–Crippen LogP) is 2.67. The number of nitrogens with zero attached hydrogens (tertiary/aromatic N) is 3. The molecule has 154 valence electrons. The second-order valence-electron chi connectivity index (χ2n) is 7.22. The summed E-state index contributed by atoms with van der Waals surface area (Å²) in [5.74, 6) is -0.336. The summed E-state index contributed by atoms with van der Waals surface area (Å²) in [5, 5.41) is 11.1. The zero-order valence-corrected chi connectivity index (χ0v) is 17.4. The highest BCUT2D eigenvalue weighted by Gasteiger charge is 2.31. The van der Waals surface area contributed by atoms with E-state index < -0.39 is 14.9 Å². The number of rotatable bonds is 4. The normalized spacial score (nSPS) is 15.3. The van der Waals surface area contributed by atoms with Crippen LogP contribution in [0, 0.1) is 30.9 Å². The summed E-state index contributed by atoms with van der Waals surface area (Å²) < 4.78 is 27.4. The van der Waals surface area contributed by atoms with Crippen LogP contribution < -0.4 is 0 Å². The quantitative estimate of drug-likeness (QED) is 0.562. The summed E-state index contributed by atoms with van der Waals surface area (Å²) >= 11 is 0. The third-order valence-corrected chi connectivity index (χ3v) is 7.18. The van der Waals surface area contributed by atoms with E-state index in [1.807, 2.05) is 13.0 Å². The van der Waals surface area contributed by atoms with E-state index in [1.165, 1.54) is 15.3 Å². The van der Waals surface area contributed by atoms with E-state index in [0.717, 1.165) is 5.56 Å².